The van der Waals surface area contributed by atoms with Gasteiger partial charge in [-0.1, -0.05) is 41.9 Å². The summed E-state index contributed by atoms with van der Waals surface area (Å²) >= 11 is 6.09. The highest BCUT2D eigenvalue weighted by molar-refractivity contribution is 6.30. The minimum absolute atomic E-state index is 0.0356. The molecule has 0 radical (unpaired) electrons. The van der Waals surface area contributed by atoms with Crippen LogP contribution in [0.15, 0.2) is 65.8 Å². The van der Waals surface area contributed by atoms with Gasteiger partial charge < -0.3 is 18.9 Å². The van der Waals surface area contributed by atoms with Crippen LogP contribution < -0.4 is 18.9 Å². The first-order valence-corrected chi connectivity index (χ1v) is 10.7. The van der Waals surface area contributed by atoms with Crippen molar-refractivity contribution >= 4 is 17.3 Å². The van der Waals surface area contributed by atoms with E-state index in [1.54, 1.807) is 21.3 Å². The molecule has 0 amide bonds. The Bertz CT molecular complexity index is 1180. The first kappa shape index (κ1) is 20.5. The van der Waals surface area contributed by atoms with Crippen LogP contribution in [0.2, 0.25) is 5.02 Å². The lowest BCUT2D eigenvalue weighted by molar-refractivity contribution is -0.0205. The summed E-state index contributed by atoms with van der Waals surface area (Å²) in [5.41, 5.74) is 3.94. The molecule has 0 spiro atoms. The summed E-state index contributed by atoms with van der Waals surface area (Å²) in [6.45, 7) is 0. The maximum Gasteiger partial charge on any atom is 0.217 e. The van der Waals surface area contributed by atoms with Gasteiger partial charge in [0.2, 0.25) is 12.0 Å². The molecule has 164 valence electrons. The quantitative estimate of drug-likeness (QED) is 0.505. The Labute approximate surface area is 191 Å². The molecule has 3 aromatic carbocycles. The summed E-state index contributed by atoms with van der Waals surface area (Å²) in [5.74, 6) is 2.51. The van der Waals surface area contributed by atoms with Crippen LogP contribution >= 0.6 is 11.6 Å². The number of fused-ring (bicyclic) bond motifs is 3. The Morgan fingerprint density at radius 1 is 0.875 bits per heavy atom. The molecule has 2 aliphatic heterocycles. The number of benzene rings is 3. The summed E-state index contributed by atoms with van der Waals surface area (Å²) in [4.78, 5) is 0. The minimum Gasteiger partial charge on any atom is -0.493 e. The van der Waals surface area contributed by atoms with Crippen LogP contribution in [0.1, 0.15) is 35.4 Å². The van der Waals surface area contributed by atoms with E-state index in [4.69, 9.17) is 35.6 Å². The molecule has 2 aliphatic rings. The molecule has 3 aromatic rings. The second-order valence-electron chi connectivity index (χ2n) is 7.59. The van der Waals surface area contributed by atoms with Crippen molar-refractivity contribution in [2.75, 3.05) is 21.3 Å². The van der Waals surface area contributed by atoms with Gasteiger partial charge in [-0.15, -0.1) is 0 Å². The van der Waals surface area contributed by atoms with Gasteiger partial charge in [0, 0.05) is 17.0 Å². The van der Waals surface area contributed by atoms with E-state index in [1.807, 2.05) is 59.6 Å². The predicted octanol–water partition coefficient (Wildman–Crippen LogP) is 5.61. The lowest BCUT2D eigenvalue weighted by atomic mass is 9.96. The number of ether oxygens (including phenoxy) is 4. The highest BCUT2D eigenvalue weighted by Crippen LogP contribution is 2.51. The van der Waals surface area contributed by atoms with E-state index in [0.29, 0.717) is 22.3 Å². The van der Waals surface area contributed by atoms with Crippen molar-refractivity contribution in [1.82, 2.24) is 5.01 Å². The average molecular weight is 451 g/mol. The second kappa shape index (κ2) is 8.28. The molecule has 2 atom stereocenters. The summed E-state index contributed by atoms with van der Waals surface area (Å²) in [5, 5.41) is 7.71. The Balaban J connectivity index is 1.63. The van der Waals surface area contributed by atoms with Crippen molar-refractivity contribution in [3.63, 3.8) is 0 Å². The third-order valence-corrected chi connectivity index (χ3v) is 6.13. The van der Waals surface area contributed by atoms with Crippen LogP contribution in [0.3, 0.4) is 0 Å². The van der Waals surface area contributed by atoms with Crippen molar-refractivity contribution < 1.29 is 18.9 Å². The number of para-hydroxylation sites is 1. The van der Waals surface area contributed by atoms with Crippen LogP contribution in [0.5, 0.6) is 23.0 Å². The normalized spacial score (nSPS) is 18.9. The Morgan fingerprint density at radius 2 is 1.62 bits per heavy atom. The molecular weight excluding hydrogens is 428 g/mol. The second-order valence-corrected chi connectivity index (χ2v) is 8.02. The molecule has 0 aliphatic carbocycles. The molecule has 0 saturated carbocycles. The largest absolute Gasteiger partial charge is 0.493 e. The monoisotopic (exact) mass is 450 g/mol. The maximum atomic E-state index is 6.47. The fourth-order valence-electron chi connectivity index (χ4n) is 4.38. The number of rotatable bonds is 5. The fraction of sp³-hybridized carbons (Fsp3) is 0.240. The van der Waals surface area contributed by atoms with E-state index in [-0.39, 0.29) is 6.04 Å². The smallest absolute Gasteiger partial charge is 0.217 e. The minimum atomic E-state index is -0.491. The molecular formula is C25H23ClN2O4. The van der Waals surface area contributed by atoms with Crippen LogP contribution in [-0.2, 0) is 0 Å². The van der Waals surface area contributed by atoms with Gasteiger partial charge >= 0.3 is 0 Å². The topological polar surface area (TPSA) is 52.5 Å². The zero-order valence-corrected chi connectivity index (χ0v) is 18.8. The number of hydrogen-bond acceptors (Lipinski definition) is 6. The number of hydrazone groups is 1. The Morgan fingerprint density at radius 3 is 2.34 bits per heavy atom. The molecule has 0 bridgehead atoms. The maximum absolute atomic E-state index is 6.47. The van der Waals surface area contributed by atoms with Crippen molar-refractivity contribution in [2.45, 2.75) is 18.7 Å². The molecule has 6 nitrogen and oxygen atoms in total. The van der Waals surface area contributed by atoms with Crippen molar-refractivity contribution in [1.29, 1.82) is 0 Å². The zero-order chi connectivity index (χ0) is 22.2. The molecule has 0 aromatic heterocycles. The number of methoxy groups -OCH3 is 3. The number of halogens is 1. The Hall–Kier alpha value is -3.38. The van der Waals surface area contributed by atoms with Crippen LogP contribution in [-0.4, -0.2) is 32.0 Å². The van der Waals surface area contributed by atoms with Gasteiger partial charge in [0.15, 0.2) is 11.5 Å². The van der Waals surface area contributed by atoms with E-state index in [2.05, 4.69) is 6.07 Å². The standard InChI is InChI=1S/C25H23ClN2O4/c1-29-22-13-12-18(23(30-2)24(22)31-3)25-28-20(17-6-4-5-7-21(17)32-25)14-19(27-28)15-8-10-16(26)11-9-15/h4-13,20,25H,14H2,1-3H3/t20-,25+/m0/s1. The van der Waals surface area contributed by atoms with Gasteiger partial charge in [0.25, 0.3) is 0 Å². The zero-order valence-electron chi connectivity index (χ0n) is 18.0. The Kier molecular flexibility index (Phi) is 5.31. The van der Waals surface area contributed by atoms with Gasteiger partial charge in [-0.05, 0) is 35.9 Å². The van der Waals surface area contributed by atoms with Gasteiger partial charge in [0.05, 0.1) is 38.6 Å². The summed E-state index contributed by atoms with van der Waals surface area (Å²) in [6, 6.07) is 19.7. The van der Waals surface area contributed by atoms with Crippen LogP contribution in [0.25, 0.3) is 0 Å². The molecule has 0 unspecified atom stereocenters. The van der Waals surface area contributed by atoms with E-state index in [1.165, 1.54) is 0 Å². The van der Waals surface area contributed by atoms with Crippen LogP contribution in [0, 0.1) is 0 Å². The lowest BCUT2D eigenvalue weighted by Gasteiger charge is -2.38. The lowest BCUT2D eigenvalue weighted by Crippen LogP contribution is -2.34. The molecule has 32 heavy (non-hydrogen) atoms. The number of hydrogen-bond donors (Lipinski definition) is 0. The van der Waals surface area contributed by atoms with E-state index < -0.39 is 6.23 Å². The first-order valence-electron chi connectivity index (χ1n) is 10.3. The summed E-state index contributed by atoms with van der Waals surface area (Å²) < 4.78 is 23.3. The van der Waals surface area contributed by atoms with E-state index in [9.17, 15) is 0 Å². The van der Waals surface area contributed by atoms with Gasteiger partial charge in [0.1, 0.15) is 5.75 Å². The molecule has 0 saturated heterocycles. The van der Waals surface area contributed by atoms with E-state index >= 15 is 0 Å². The molecule has 0 N–H and O–H groups in total. The molecule has 5 rings (SSSR count). The van der Waals surface area contributed by atoms with Crippen molar-refractivity contribution in [3.05, 3.63) is 82.4 Å². The summed E-state index contributed by atoms with van der Waals surface area (Å²) in [6.07, 6.45) is 0.267. The van der Waals surface area contributed by atoms with Gasteiger partial charge in [-0.2, -0.15) is 5.10 Å². The third-order valence-electron chi connectivity index (χ3n) is 5.88. The highest BCUT2D eigenvalue weighted by atomic mass is 35.5. The first-order chi connectivity index (χ1) is 15.6. The number of nitrogens with zero attached hydrogens (tertiary/aromatic N) is 2. The van der Waals surface area contributed by atoms with Gasteiger partial charge in [-0.3, -0.25) is 0 Å². The third kappa shape index (κ3) is 3.31. The van der Waals surface area contributed by atoms with Crippen LogP contribution in [0.4, 0.5) is 0 Å². The SMILES string of the molecule is COc1ccc([C@H]2Oc3ccccc3[C@@H]3CC(c4ccc(Cl)cc4)=NN23)c(OC)c1OC. The fourth-order valence-corrected chi connectivity index (χ4v) is 4.50. The van der Waals surface area contributed by atoms with Gasteiger partial charge in [-0.25, -0.2) is 5.01 Å². The van der Waals surface area contributed by atoms with Crippen molar-refractivity contribution in [2.24, 2.45) is 5.10 Å². The molecule has 2 heterocycles. The van der Waals surface area contributed by atoms with Crippen molar-refractivity contribution in [3.8, 4) is 23.0 Å². The average Bonchev–Trinajstić information content (AvgIpc) is 3.28. The molecule has 7 heteroatoms. The van der Waals surface area contributed by atoms with E-state index in [0.717, 1.165) is 34.6 Å². The highest BCUT2D eigenvalue weighted by Gasteiger charge is 2.42. The molecule has 0 fully saturated rings. The predicted molar refractivity (Wildman–Crippen MR) is 123 cm³/mol. The summed E-state index contributed by atoms with van der Waals surface area (Å²) in [7, 11) is 4.81.